The summed E-state index contributed by atoms with van der Waals surface area (Å²) < 4.78 is 1.95. The first-order valence-electron chi connectivity index (χ1n) is 17.9. The third-order valence-electron chi connectivity index (χ3n) is 10.1. The summed E-state index contributed by atoms with van der Waals surface area (Å²) in [5, 5.41) is 23.3. The number of anilines is 1. The van der Waals surface area contributed by atoms with Crippen molar-refractivity contribution in [2.45, 2.75) is 30.7 Å². The maximum Gasteiger partial charge on any atom is 0.196 e. The van der Waals surface area contributed by atoms with E-state index in [-0.39, 0.29) is 16.7 Å². The third-order valence-corrected chi connectivity index (χ3v) is 10.1. The van der Waals surface area contributed by atoms with Gasteiger partial charge in [0.1, 0.15) is 16.8 Å². The number of aromatic nitrogens is 4. The van der Waals surface area contributed by atoms with Gasteiger partial charge in [0, 0.05) is 6.42 Å². The number of hydrogen-bond acceptors (Lipinski definition) is 6. The highest BCUT2D eigenvalue weighted by Crippen LogP contribution is 2.49. The van der Waals surface area contributed by atoms with Gasteiger partial charge in [-0.2, -0.15) is 0 Å². The highest BCUT2D eigenvalue weighted by molar-refractivity contribution is 5.72. The molecule has 0 aromatic heterocycles. The highest BCUT2D eigenvalue weighted by atomic mass is 16.8. The van der Waals surface area contributed by atoms with Gasteiger partial charge in [-0.25, -0.2) is 15.0 Å². The van der Waals surface area contributed by atoms with Crippen molar-refractivity contribution in [2.24, 2.45) is 0 Å². The number of imidazole rings is 1. The largest absolute Gasteiger partial charge is 0.291 e. The van der Waals surface area contributed by atoms with Crippen LogP contribution >= 0.6 is 0 Å². The molecule has 6 aromatic carbocycles. The zero-order chi connectivity index (χ0) is 36.3. The fourth-order valence-corrected chi connectivity index (χ4v) is 7.94. The standard InChI is InChI=1S/C46H39N5O2/c1-2-21-40-47-42-41(48-44(49-42)45(34-22-9-3-10-23-34,35-24-11-4-12-25-35)36-26-13-5-14-27-36)43(51(52)53)50(40)46(37-28-15-6-16-29-37,38-30-17-7-18-31-38)39-32-19-8-20-33-39/h3-20,22-33,52-53H,2,21H2,1H3. The molecule has 2 aliphatic rings. The molecule has 0 spiro atoms. The summed E-state index contributed by atoms with van der Waals surface area (Å²) in [5.41, 5.74) is 3.81. The second-order valence-electron chi connectivity index (χ2n) is 13.1. The normalized spacial score (nSPS) is 11.8. The molecule has 53 heavy (non-hydrogen) atoms. The van der Waals surface area contributed by atoms with Crippen molar-refractivity contribution in [1.82, 2.24) is 19.5 Å². The zero-order valence-corrected chi connectivity index (χ0v) is 29.4. The second-order valence-corrected chi connectivity index (χ2v) is 13.1. The Balaban J connectivity index is 1.55. The molecule has 0 aliphatic carbocycles. The lowest BCUT2D eigenvalue weighted by Gasteiger charge is -2.41. The van der Waals surface area contributed by atoms with Crippen LogP contribution in [0.4, 0.5) is 5.82 Å². The van der Waals surface area contributed by atoms with E-state index < -0.39 is 11.0 Å². The minimum atomic E-state index is -1.11. The Kier molecular flexibility index (Phi) is 9.10. The van der Waals surface area contributed by atoms with E-state index in [1.165, 1.54) is 0 Å². The van der Waals surface area contributed by atoms with Gasteiger partial charge < -0.3 is 0 Å². The van der Waals surface area contributed by atoms with Crippen LogP contribution in [0.1, 0.15) is 58.4 Å². The van der Waals surface area contributed by atoms with E-state index in [9.17, 15) is 10.4 Å². The molecule has 8 rings (SSSR count). The van der Waals surface area contributed by atoms with Crippen LogP contribution in [0.25, 0.3) is 11.5 Å². The van der Waals surface area contributed by atoms with Crippen molar-refractivity contribution in [3.63, 3.8) is 0 Å². The van der Waals surface area contributed by atoms with Crippen LogP contribution in [-0.2, 0) is 17.4 Å². The van der Waals surface area contributed by atoms with Crippen LogP contribution in [0, 0.1) is 0 Å². The van der Waals surface area contributed by atoms with Crippen molar-refractivity contribution < 1.29 is 10.4 Å². The Hall–Kier alpha value is -6.41. The SMILES string of the molecule is CCCc1nc2nc(C(c3ccccc3)(c3ccccc3)c3ccccc3)nc-2c(N(O)O)n1C(c1ccccc1)(c1ccccc1)c1ccccc1. The van der Waals surface area contributed by atoms with Gasteiger partial charge in [0.15, 0.2) is 23.2 Å². The van der Waals surface area contributed by atoms with Crippen LogP contribution in [-0.4, -0.2) is 29.9 Å². The van der Waals surface area contributed by atoms with Gasteiger partial charge in [-0.15, -0.1) is 5.23 Å². The number of nitrogens with zero attached hydrogens (tertiary/aromatic N) is 5. The van der Waals surface area contributed by atoms with E-state index in [2.05, 4.69) is 79.7 Å². The fraction of sp³-hybridized carbons (Fsp3) is 0.109. The number of rotatable bonds is 11. The monoisotopic (exact) mass is 693 g/mol. The van der Waals surface area contributed by atoms with Crippen LogP contribution in [0.3, 0.4) is 0 Å². The second kappa shape index (κ2) is 14.3. The molecule has 0 fully saturated rings. The van der Waals surface area contributed by atoms with Gasteiger partial charge in [-0.1, -0.05) is 189 Å². The predicted octanol–water partition coefficient (Wildman–Crippen LogP) is 9.54. The molecular weight excluding hydrogens is 655 g/mol. The van der Waals surface area contributed by atoms with Crippen molar-refractivity contribution in [3.05, 3.63) is 227 Å². The van der Waals surface area contributed by atoms with Crippen molar-refractivity contribution in [1.29, 1.82) is 0 Å². The Morgan fingerprint density at radius 1 is 0.491 bits per heavy atom. The first-order chi connectivity index (χ1) is 26.1. The average molecular weight is 694 g/mol. The molecule has 2 heterocycles. The molecule has 7 heteroatoms. The lowest BCUT2D eigenvalue weighted by atomic mass is 9.69. The van der Waals surface area contributed by atoms with Gasteiger partial charge in [0.25, 0.3) is 0 Å². The fourth-order valence-electron chi connectivity index (χ4n) is 7.94. The third kappa shape index (κ3) is 5.58. The van der Waals surface area contributed by atoms with E-state index >= 15 is 0 Å². The molecular formula is C46H39N5O2. The van der Waals surface area contributed by atoms with Gasteiger partial charge in [-0.05, 0) is 39.8 Å². The summed E-state index contributed by atoms with van der Waals surface area (Å²) in [6, 6.07) is 61.1. The molecule has 0 atom stereocenters. The highest BCUT2D eigenvalue weighted by Gasteiger charge is 2.47. The van der Waals surface area contributed by atoms with Gasteiger partial charge in [0.05, 0.1) is 0 Å². The zero-order valence-electron chi connectivity index (χ0n) is 29.4. The summed E-state index contributed by atoms with van der Waals surface area (Å²) in [4.78, 5) is 15.9. The van der Waals surface area contributed by atoms with Crippen LogP contribution in [0.2, 0.25) is 0 Å². The van der Waals surface area contributed by atoms with Crippen molar-refractivity contribution in [2.75, 3.05) is 5.23 Å². The van der Waals surface area contributed by atoms with Crippen LogP contribution < -0.4 is 5.23 Å². The Bertz CT molecular complexity index is 2170. The molecule has 260 valence electrons. The molecule has 0 radical (unpaired) electrons. The number of benzene rings is 6. The Morgan fingerprint density at radius 3 is 1.19 bits per heavy atom. The molecule has 6 aromatic rings. The molecule has 0 unspecified atom stereocenters. The predicted molar refractivity (Wildman–Crippen MR) is 207 cm³/mol. The van der Waals surface area contributed by atoms with E-state index in [1.54, 1.807) is 0 Å². The lowest BCUT2D eigenvalue weighted by molar-refractivity contribution is 0.0232. The summed E-state index contributed by atoms with van der Waals surface area (Å²) in [6.45, 7) is 2.09. The van der Waals surface area contributed by atoms with Crippen molar-refractivity contribution >= 4 is 5.82 Å². The van der Waals surface area contributed by atoms with Gasteiger partial charge >= 0.3 is 0 Å². The van der Waals surface area contributed by atoms with E-state index in [0.717, 1.165) is 39.8 Å². The topological polar surface area (TPSA) is 87.3 Å². The summed E-state index contributed by atoms with van der Waals surface area (Å²) >= 11 is 0. The van der Waals surface area contributed by atoms with Gasteiger partial charge in [-0.3, -0.25) is 15.0 Å². The number of fused-ring (bicyclic) bond motifs is 1. The first-order valence-corrected chi connectivity index (χ1v) is 17.9. The molecule has 0 amide bonds. The summed E-state index contributed by atoms with van der Waals surface area (Å²) in [7, 11) is 0. The Morgan fingerprint density at radius 2 is 0.849 bits per heavy atom. The first kappa shape index (κ1) is 33.7. The van der Waals surface area contributed by atoms with Crippen LogP contribution in [0.5, 0.6) is 0 Å². The Labute approximate surface area is 309 Å². The molecule has 2 aliphatic heterocycles. The van der Waals surface area contributed by atoms with E-state index in [0.29, 0.717) is 23.9 Å². The van der Waals surface area contributed by atoms with Crippen molar-refractivity contribution in [3.8, 4) is 11.5 Å². The maximum atomic E-state index is 11.5. The molecule has 0 bridgehead atoms. The smallest absolute Gasteiger partial charge is 0.196 e. The molecule has 0 saturated carbocycles. The minimum Gasteiger partial charge on any atom is -0.291 e. The number of hydrogen-bond donors (Lipinski definition) is 2. The molecule has 7 nitrogen and oxygen atoms in total. The van der Waals surface area contributed by atoms with E-state index in [1.807, 2.05) is 114 Å². The minimum absolute atomic E-state index is 0.0526. The molecule has 0 saturated heterocycles. The average Bonchev–Trinajstić information content (AvgIpc) is 3.64. The number of aryl methyl sites for hydroxylation is 1. The quantitative estimate of drug-likeness (QED) is 0.104. The maximum absolute atomic E-state index is 11.5. The molecule has 2 N–H and O–H groups in total. The lowest BCUT2D eigenvalue weighted by Crippen LogP contribution is -2.42. The summed E-state index contributed by atoms with van der Waals surface area (Å²) in [6.07, 6.45) is 1.26. The van der Waals surface area contributed by atoms with Crippen LogP contribution in [0.15, 0.2) is 182 Å². The van der Waals surface area contributed by atoms with E-state index in [4.69, 9.17) is 15.0 Å². The summed E-state index contributed by atoms with van der Waals surface area (Å²) in [5.74, 6) is 1.46. The van der Waals surface area contributed by atoms with Gasteiger partial charge in [0.2, 0.25) is 0 Å².